The van der Waals surface area contributed by atoms with Crippen LogP contribution in [0, 0.1) is 28.6 Å². The van der Waals surface area contributed by atoms with Gasteiger partial charge < -0.3 is 4.74 Å². The van der Waals surface area contributed by atoms with Crippen molar-refractivity contribution in [3.8, 4) is 0 Å². The lowest BCUT2D eigenvalue weighted by Crippen LogP contribution is -2.36. The van der Waals surface area contributed by atoms with E-state index in [0.29, 0.717) is 36.0 Å². The van der Waals surface area contributed by atoms with E-state index in [2.05, 4.69) is 34.8 Å². The zero-order chi connectivity index (χ0) is 22.7. The molecule has 3 nitrogen and oxygen atoms in total. The molecule has 0 aromatic rings. The van der Waals surface area contributed by atoms with Crippen molar-refractivity contribution in [3.63, 3.8) is 0 Å². The summed E-state index contributed by atoms with van der Waals surface area (Å²) in [6, 6.07) is 0. The van der Waals surface area contributed by atoms with E-state index in [0.717, 1.165) is 11.1 Å². The molecule has 0 heterocycles. The van der Waals surface area contributed by atoms with E-state index in [-0.39, 0.29) is 18.4 Å². The molecule has 0 bridgehead atoms. The number of carbonyl (C=O) groups excluding carboxylic acids is 2. The Morgan fingerprint density at radius 1 is 1.30 bits per heavy atom. The molecule has 0 aromatic carbocycles. The predicted octanol–water partition coefficient (Wildman–Crippen LogP) is 7.39. The second kappa shape index (κ2) is 10.1. The molecule has 4 heteroatoms. The Morgan fingerprint density at radius 2 is 1.97 bits per heavy atom. The maximum absolute atomic E-state index is 13.2. The maximum Gasteiger partial charge on any atom is 0.311 e. The van der Waals surface area contributed by atoms with Crippen LogP contribution in [-0.2, 0) is 14.3 Å². The van der Waals surface area contributed by atoms with E-state index in [1.54, 1.807) is 5.57 Å². The van der Waals surface area contributed by atoms with Crippen molar-refractivity contribution in [1.82, 2.24) is 0 Å². The molecular formula is C26H41BrO3. The zero-order valence-electron chi connectivity index (χ0n) is 20.1. The molecule has 30 heavy (non-hydrogen) atoms. The van der Waals surface area contributed by atoms with Crippen molar-refractivity contribution >= 4 is 27.7 Å². The number of ketones is 1. The second-order valence-corrected chi connectivity index (χ2v) is 11.3. The SMILES string of the molecule is CCC(C(=O)C[C@@H](C)[C@H]1CC[C@H]2C(=CBr)CCC[C@]12C)=C(C)COC(=O)C(C)(C)C. The molecular weight excluding hydrogens is 440 g/mol. The minimum absolute atomic E-state index is 0.210. The first kappa shape index (κ1) is 25.4. The number of rotatable bonds is 7. The van der Waals surface area contributed by atoms with Crippen molar-refractivity contribution < 1.29 is 14.3 Å². The van der Waals surface area contributed by atoms with Gasteiger partial charge in [-0.3, -0.25) is 9.59 Å². The maximum atomic E-state index is 13.2. The van der Waals surface area contributed by atoms with Crippen molar-refractivity contribution in [3.05, 3.63) is 21.7 Å². The number of hydrogen-bond donors (Lipinski definition) is 0. The van der Waals surface area contributed by atoms with E-state index in [4.69, 9.17) is 4.74 Å². The first-order valence-corrected chi connectivity index (χ1v) is 12.5. The smallest absolute Gasteiger partial charge is 0.311 e. The molecule has 0 aromatic heterocycles. The van der Waals surface area contributed by atoms with E-state index >= 15 is 0 Å². The number of carbonyl (C=O) groups is 2. The van der Waals surface area contributed by atoms with Gasteiger partial charge in [-0.25, -0.2) is 0 Å². The zero-order valence-corrected chi connectivity index (χ0v) is 21.7. The molecule has 2 aliphatic carbocycles. The van der Waals surface area contributed by atoms with Gasteiger partial charge in [-0.1, -0.05) is 42.3 Å². The lowest BCUT2D eigenvalue weighted by Gasteiger charge is -2.44. The van der Waals surface area contributed by atoms with Gasteiger partial charge in [-0.2, -0.15) is 0 Å². The van der Waals surface area contributed by atoms with Gasteiger partial charge in [0, 0.05) is 6.42 Å². The summed E-state index contributed by atoms with van der Waals surface area (Å²) < 4.78 is 5.46. The normalized spacial score (nSPS) is 29.9. The number of esters is 1. The minimum atomic E-state index is -0.526. The summed E-state index contributed by atoms with van der Waals surface area (Å²) in [4.78, 5) is 27.4. The minimum Gasteiger partial charge on any atom is -0.461 e. The third kappa shape index (κ3) is 5.47. The topological polar surface area (TPSA) is 43.4 Å². The first-order valence-electron chi connectivity index (χ1n) is 11.6. The third-order valence-electron chi connectivity index (χ3n) is 7.61. The first-order chi connectivity index (χ1) is 14.0. The van der Waals surface area contributed by atoms with Crippen LogP contribution in [0.2, 0.25) is 0 Å². The van der Waals surface area contributed by atoms with Crippen LogP contribution in [0.3, 0.4) is 0 Å². The highest BCUT2D eigenvalue weighted by atomic mass is 79.9. The van der Waals surface area contributed by atoms with Gasteiger partial charge in [0.05, 0.1) is 5.41 Å². The van der Waals surface area contributed by atoms with Gasteiger partial charge in [-0.05, 0) is 106 Å². The Balaban J connectivity index is 2.07. The van der Waals surface area contributed by atoms with Crippen LogP contribution in [0.5, 0.6) is 0 Å². The van der Waals surface area contributed by atoms with Crippen molar-refractivity contribution in [2.24, 2.45) is 28.6 Å². The molecule has 170 valence electrons. The standard InChI is InChI=1S/C26H41BrO3/c1-8-20(18(3)16-30-24(29)25(4,5)6)23(28)14-17(2)21-11-12-22-19(15-27)10-9-13-26(21,22)7/h15,17,21-22H,8-14,16H2,1-7H3/t17-,21-,22+,26-/m1/s1. The van der Waals surface area contributed by atoms with E-state index < -0.39 is 5.41 Å². The van der Waals surface area contributed by atoms with Crippen LogP contribution in [0.15, 0.2) is 21.7 Å². The predicted molar refractivity (Wildman–Crippen MR) is 127 cm³/mol. The Kier molecular flexibility index (Phi) is 8.58. The third-order valence-corrected chi connectivity index (χ3v) is 8.20. The summed E-state index contributed by atoms with van der Waals surface area (Å²) in [5.74, 6) is 1.62. The summed E-state index contributed by atoms with van der Waals surface area (Å²) in [7, 11) is 0. The van der Waals surface area contributed by atoms with Crippen LogP contribution in [-0.4, -0.2) is 18.4 Å². The van der Waals surface area contributed by atoms with Crippen molar-refractivity contribution in [2.75, 3.05) is 6.61 Å². The molecule has 2 rings (SSSR count). The lowest BCUT2D eigenvalue weighted by atomic mass is 9.61. The number of ether oxygens (including phenoxy) is 1. The lowest BCUT2D eigenvalue weighted by molar-refractivity contribution is -0.151. The largest absolute Gasteiger partial charge is 0.461 e. The summed E-state index contributed by atoms with van der Waals surface area (Å²) in [5, 5.41) is 0. The van der Waals surface area contributed by atoms with Gasteiger partial charge in [0.2, 0.25) is 0 Å². The van der Waals surface area contributed by atoms with E-state index in [1.807, 2.05) is 34.6 Å². The molecule has 0 N–H and O–H groups in total. The molecule has 0 aliphatic heterocycles. The average Bonchev–Trinajstić information content (AvgIpc) is 3.02. The van der Waals surface area contributed by atoms with Gasteiger partial charge in [0.1, 0.15) is 6.61 Å². The number of Topliss-reactive ketones (excluding diaryl/α,β-unsaturated/α-hetero) is 1. The van der Waals surface area contributed by atoms with Gasteiger partial charge in [0.25, 0.3) is 0 Å². The Morgan fingerprint density at radius 3 is 2.53 bits per heavy atom. The molecule has 0 radical (unpaired) electrons. The molecule has 2 aliphatic rings. The second-order valence-electron chi connectivity index (χ2n) is 10.8. The van der Waals surface area contributed by atoms with Crippen LogP contribution in [0.1, 0.15) is 93.4 Å². The Hall–Kier alpha value is -0.900. The summed E-state index contributed by atoms with van der Waals surface area (Å²) in [6.07, 6.45) is 7.46. The highest BCUT2D eigenvalue weighted by Gasteiger charge is 2.50. The van der Waals surface area contributed by atoms with Gasteiger partial charge >= 0.3 is 5.97 Å². The fraction of sp³-hybridized carbons (Fsp3) is 0.769. The van der Waals surface area contributed by atoms with Crippen molar-refractivity contribution in [2.45, 2.75) is 93.4 Å². The highest BCUT2D eigenvalue weighted by molar-refractivity contribution is 9.11. The molecule has 4 atom stereocenters. The van der Waals surface area contributed by atoms with Crippen LogP contribution in [0.25, 0.3) is 0 Å². The molecule has 2 saturated carbocycles. The summed E-state index contributed by atoms with van der Waals surface area (Å²) >= 11 is 3.59. The van der Waals surface area contributed by atoms with Crippen LogP contribution in [0.4, 0.5) is 0 Å². The summed E-state index contributed by atoms with van der Waals surface area (Å²) in [5.41, 5.74) is 3.08. The quantitative estimate of drug-likeness (QED) is 0.281. The Bertz CT molecular complexity index is 712. The van der Waals surface area contributed by atoms with Crippen molar-refractivity contribution in [1.29, 1.82) is 0 Å². The monoisotopic (exact) mass is 480 g/mol. The van der Waals surface area contributed by atoms with Gasteiger partial charge in [-0.15, -0.1) is 0 Å². The molecule has 0 spiro atoms. The number of allylic oxidation sites excluding steroid dienone is 2. The summed E-state index contributed by atoms with van der Waals surface area (Å²) in [6.45, 7) is 14.4. The van der Waals surface area contributed by atoms with Gasteiger partial charge in [0.15, 0.2) is 5.78 Å². The fourth-order valence-corrected chi connectivity index (χ4v) is 6.47. The number of halogens is 1. The fourth-order valence-electron chi connectivity index (χ4n) is 5.92. The number of fused-ring (bicyclic) bond motifs is 1. The number of hydrogen-bond acceptors (Lipinski definition) is 3. The molecule has 2 fully saturated rings. The molecule has 0 amide bonds. The molecule has 0 unspecified atom stereocenters. The average molecular weight is 482 g/mol. The van der Waals surface area contributed by atoms with Crippen LogP contribution < -0.4 is 0 Å². The van der Waals surface area contributed by atoms with Crippen LogP contribution >= 0.6 is 15.9 Å². The Labute approximate surface area is 192 Å². The highest BCUT2D eigenvalue weighted by Crippen LogP contribution is 2.59. The molecule has 0 saturated heterocycles. The van der Waals surface area contributed by atoms with E-state index in [9.17, 15) is 9.59 Å². The van der Waals surface area contributed by atoms with E-state index in [1.165, 1.54) is 32.1 Å².